The molecule has 1 heterocycles. The molecule has 3 aromatic carbocycles. The Bertz CT molecular complexity index is 1380. The van der Waals surface area contributed by atoms with Crippen LogP contribution in [0.3, 0.4) is 0 Å². The highest BCUT2D eigenvalue weighted by molar-refractivity contribution is 6.41. The first kappa shape index (κ1) is 20.7. The second kappa shape index (κ2) is 8.06. The molecule has 0 N–H and O–H groups in total. The third-order valence-electron chi connectivity index (χ3n) is 5.90. The monoisotopic (exact) mass is 433 g/mol. The van der Waals surface area contributed by atoms with Crippen molar-refractivity contribution in [3.8, 4) is 0 Å². The van der Waals surface area contributed by atoms with E-state index in [-0.39, 0.29) is 17.1 Å². The molecular weight excluding hydrogens is 410 g/mol. The van der Waals surface area contributed by atoms with Gasteiger partial charge in [-0.3, -0.25) is 9.59 Å². The Kier molecular flexibility index (Phi) is 5.06. The number of hydrogen-bond donors (Lipinski definition) is 0. The van der Waals surface area contributed by atoms with E-state index in [0.717, 1.165) is 22.0 Å². The van der Waals surface area contributed by atoms with Gasteiger partial charge in [0.15, 0.2) is 11.6 Å². The Morgan fingerprint density at radius 1 is 0.788 bits per heavy atom. The maximum Gasteiger partial charge on any atom is 0.198 e. The largest absolute Gasteiger partial charge is 0.462 e. The van der Waals surface area contributed by atoms with Crippen molar-refractivity contribution in [3.63, 3.8) is 0 Å². The first-order valence-electron chi connectivity index (χ1n) is 10.8. The first-order chi connectivity index (χ1) is 15.9. The van der Waals surface area contributed by atoms with Gasteiger partial charge in [0.2, 0.25) is 0 Å². The molecule has 1 aliphatic heterocycles. The third-order valence-corrected chi connectivity index (χ3v) is 5.90. The minimum atomic E-state index is -0.236. The zero-order valence-corrected chi connectivity index (χ0v) is 18.8. The van der Waals surface area contributed by atoms with Gasteiger partial charge >= 0.3 is 0 Å². The number of ether oxygens (including phenoxy) is 1. The van der Waals surface area contributed by atoms with Gasteiger partial charge in [0.25, 0.3) is 0 Å². The number of nitrogens with zero attached hydrogens (tertiary/aromatic N) is 1. The standard InChI is InChI=1S/C29H23NO3/c1-18-14-22(15-24(33-18)13-10-19-8-11-23(12-9-19)30(2)3)27-28(31)25-16-20-6-4-5-7-21(20)17-26(25)29(27)32/h4-17H,1-3H3/b13-10+. The molecule has 33 heavy (non-hydrogen) atoms. The Balaban J connectivity index is 1.51. The summed E-state index contributed by atoms with van der Waals surface area (Å²) in [6.07, 6.45) is 7.31. The Hall–Kier alpha value is -4.18. The fraction of sp³-hybridized carbons (Fsp3) is 0.103. The Labute approximate surface area is 192 Å². The quantitative estimate of drug-likeness (QED) is 0.369. The SMILES string of the molecule is CC1=CC(=C2C(=O)c3cc4ccccc4cc3C2=O)C=C(/C=C/c2ccc(N(C)C)cc2)O1. The summed E-state index contributed by atoms with van der Waals surface area (Å²) in [6.45, 7) is 1.82. The average molecular weight is 434 g/mol. The van der Waals surface area contributed by atoms with E-state index in [2.05, 4.69) is 0 Å². The van der Waals surface area contributed by atoms with Gasteiger partial charge in [-0.1, -0.05) is 42.5 Å². The molecule has 4 heteroatoms. The van der Waals surface area contributed by atoms with Crippen molar-refractivity contribution in [1.82, 2.24) is 0 Å². The highest BCUT2D eigenvalue weighted by atomic mass is 16.5. The fourth-order valence-corrected chi connectivity index (χ4v) is 4.20. The van der Waals surface area contributed by atoms with Crippen LogP contribution in [0.25, 0.3) is 16.8 Å². The summed E-state index contributed by atoms with van der Waals surface area (Å²) in [5.41, 5.74) is 3.85. The average Bonchev–Trinajstić information content (AvgIpc) is 3.05. The maximum atomic E-state index is 13.2. The predicted molar refractivity (Wildman–Crippen MR) is 132 cm³/mol. The zero-order valence-electron chi connectivity index (χ0n) is 18.8. The van der Waals surface area contributed by atoms with E-state index in [9.17, 15) is 9.59 Å². The van der Waals surface area contributed by atoms with Gasteiger partial charge < -0.3 is 9.64 Å². The summed E-state index contributed by atoms with van der Waals surface area (Å²) in [4.78, 5) is 28.5. The van der Waals surface area contributed by atoms with Crippen LogP contribution in [-0.4, -0.2) is 25.7 Å². The lowest BCUT2D eigenvalue weighted by molar-refractivity contribution is 0.0988. The number of anilines is 1. The van der Waals surface area contributed by atoms with Crippen LogP contribution in [0.2, 0.25) is 0 Å². The number of benzene rings is 3. The molecule has 0 bridgehead atoms. The van der Waals surface area contributed by atoms with Crippen molar-refractivity contribution in [2.24, 2.45) is 0 Å². The summed E-state index contributed by atoms with van der Waals surface area (Å²) >= 11 is 0. The van der Waals surface area contributed by atoms with Gasteiger partial charge in [-0.15, -0.1) is 0 Å². The molecule has 0 amide bonds. The number of Topliss-reactive ketones (excluding diaryl/α,β-unsaturated/α-hetero) is 2. The number of carbonyl (C=O) groups is 2. The number of allylic oxidation sites excluding steroid dienone is 6. The Morgan fingerprint density at radius 2 is 1.39 bits per heavy atom. The molecule has 2 aliphatic rings. The molecule has 1 aliphatic carbocycles. The van der Waals surface area contributed by atoms with Crippen LogP contribution in [0, 0.1) is 0 Å². The lowest BCUT2D eigenvalue weighted by atomic mass is 10.0. The normalized spacial score (nSPS) is 15.6. The summed E-state index contributed by atoms with van der Waals surface area (Å²) in [5, 5.41) is 1.89. The van der Waals surface area contributed by atoms with Crippen LogP contribution >= 0.6 is 0 Å². The van der Waals surface area contributed by atoms with Gasteiger partial charge in [0, 0.05) is 30.9 Å². The molecule has 0 fully saturated rings. The van der Waals surface area contributed by atoms with Crippen molar-refractivity contribution in [1.29, 1.82) is 0 Å². The van der Waals surface area contributed by atoms with Crippen molar-refractivity contribution in [3.05, 3.63) is 118 Å². The lowest BCUT2D eigenvalue weighted by Gasteiger charge is -2.14. The molecule has 0 aromatic heterocycles. The first-order valence-corrected chi connectivity index (χ1v) is 10.8. The molecule has 5 rings (SSSR count). The van der Waals surface area contributed by atoms with E-state index >= 15 is 0 Å². The van der Waals surface area contributed by atoms with E-state index in [4.69, 9.17) is 4.74 Å². The summed E-state index contributed by atoms with van der Waals surface area (Å²) in [7, 11) is 4.00. The molecule has 162 valence electrons. The van der Waals surface area contributed by atoms with Crippen LogP contribution in [-0.2, 0) is 4.74 Å². The zero-order chi connectivity index (χ0) is 23.1. The van der Waals surface area contributed by atoms with Gasteiger partial charge in [-0.05, 0) is 71.3 Å². The van der Waals surface area contributed by atoms with Crippen LogP contribution in [0.15, 0.2) is 102 Å². The number of hydrogen-bond acceptors (Lipinski definition) is 4. The summed E-state index contributed by atoms with van der Waals surface area (Å²) < 4.78 is 5.84. The summed E-state index contributed by atoms with van der Waals surface area (Å²) in [6, 6.07) is 19.5. The van der Waals surface area contributed by atoms with Crippen molar-refractivity contribution in [2.45, 2.75) is 6.92 Å². The van der Waals surface area contributed by atoms with E-state index < -0.39 is 0 Å². The van der Waals surface area contributed by atoms with Crippen LogP contribution in [0.5, 0.6) is 0 Å². The minimum Gasteiger partial charge on any atom is -0.462 e. The topological polar surface area (TPSA) is 46.6 Å². The van der Waals surface area contributed by atoms with E-state index in [1.54, 1.807) is 12.2 Å². The van der Waals surface area contributed by atoms with Crippen LogP contribution in [0.1, 0.15) is 33.2 Å². The van der Waals surface area contributed by atoms with Gasteiger partial charge in [-0.2, -0.15) is 0 Å². The molecule has 3 aromatic rings. The van der Waals surface area contributed by atoms with E-state index in [1.165, 1.54) is 0 Å². The molecule has 0 unspecified atom stereocenters. The molecule has 0 radical (unpaired) electrons. The number of carbonyl (C=O) groups excluding carboxylic acids is 2. The molecule has 0 spiro atoms. The Morgan fingerprint density at radius 3 is 1.97 bits per heavy atom. The number of ketones is 2. The highest BCUT2D eigenvalue weighted by Crippen LogP contribution is 2.34. The molecule has 0 saturated heterocycles. The van der Waals surface area contributed by atoms with Crippen molar-refractivity contribution >= 4 is 34.1 Å². The molecule has 0 saturated carbocycles. The summed E-state index contributed by atoms with van der Waals surface area (Å²) in [5.74, 6) is 0.737. The molecule has 4 nitrogen and oxygen atoms in total. The van der Waals surface area contributed by atoms with Crippen molar-refractivity contribution in [2.75, 3.05) is 19.0 Å². The second-order valence-electron chi connectivity index (χ2n) is 8.46. The van der Waals surface area contributed by atoms with Gasteiger partial charge in [0.05, 0.1) is 5.57 Å². The van der Waals surface area contributed by atoms with E-state index in [1.807, 2.05) is 98.7 Å². The predicted octanol–water partition coefficient (Wildman–Crippen LogP) is 6.11. The molecule has 0 atom stereocenters. The third kappa shape index (κ3) is 3.80. The van der Waals surface area contributed by atoms with Gasteiger partial charge in [-0.25, -0.2) is 0 Å². The highest BCUT2D eigenvalue weighted by Gasteiger charge is 2.35. The lowest BCUT2D eigenvalue weighted by Crippen LogP contribution is -2.07. The van der Waals surface area contributed by atoms with Gasteiger partial charge in [0.1, 0.15) is 11.5 Å². The van der Waals surface area contributed by atoms with Crippen molar-refractivity contribution < 1.29 is 14.3 Å². The van der Waals surface area contributed by atoms with Crippen LogP contribution in [0.4, 0.5) is 5.69 Å². The minimum absolute atomic E-state index is 0.198. The fourth-order valence-electron chi connectivity index (χ4n) is 4.20. The second-order valence-corrected chi connectivity index (χ2v) is 8.46. The smallest absolute Gasteiger partial charge is 0.198 e. The van der Waals surface area contributed by atoms with Crippen LogP contribution < -0.4 is 4.90 Å². The number of fused-ring (bicyclic) bond motifs is 2. The van der Waals surface area contributed by atoms with E-state index in [0.29, 0.717) is 28.2 Å². The maximum absolute atomic E-state index is 13.2. The number of rotatable bonds is 3. The molecular formula is C29H23NO3.